The van der Waals surface area contributed by atoms with E-state index in [1.54, 1.807) is 6.08 Å². The fraction of sp³-hybridized carbons (Fsp3) is 0.217. The molecule has 0 spiro atoms. The van der Waals surface area contributed by atoms with Crippen molar-refractivity contribution in [2.24, 2.45) is 10.1 Å². The molecule has 0 saturated carbocycles. The molecule has 2 aliphatic rings. The number of benzene rings is 2. The van der Waals surface area contributed by atoms with Gasteiger partial charge in [-0.3, -0.25) is 10.2 Å². The Labute approximate surface area is 185 Å². The molecule has 0 radical (unpaired) electrons. The average Bonchev–Trinajstić information content (AvgIpc) is 3.18. The molecule has 0 unspecified atom stereocenters. The van der Waals surface area contributed by atoms with Crippen LogP contribution in [0.3, 0.4) is 0 Å². The van der Waals surface area contributed by atoms with Gasteiger partial charge in [0.25, 0.3) is 5.91 Å². The van der Waals surface area contributed by atoms with E-state index in [4.69, 9.17) is 14.9 Å². The van der Waals surface area contributed by atoms with Crippen molar-refractivity contribution in [2.45, 2.75) is 19.8 Å². The van der Waals surface area contributed by atoms with Gasteiger partial charge in [0.05, 0.1) is 5.57 Å². The van der Waals surface area contributed by atoms with Crippen molar-refractivity contribution in [3.8, 4) is 11.5 Å². The van der Waals surface area contributed by atoms with Gasteiger partial charge in [-0.2, -0.15) is 15.1 Å². The molecule has 0 saturated heterocycles. The van der Waals surface area contributed by atoms with Crippen LogP contribution >= 0.6 is 11.8 Å². The molecule has 2 heterocycles. The van der Waals surface area contributed by atoms with Crippen LogP contribution in [0.2, 0.25) is 0 Å². The molecule has 0 atom stereocenters. The second-order valence-electron chi connectivity index (χ2n) is 6.85. The zero-order valence-electron chi connectivity index (χ0n) is 17.1. The molecule has 158 valence electrons. The Balaban J connectivity index is 1.42. The van der Waals surface area contributed by atoms with Gasteiger partial charge in [0.1, 0.15) is 29.8 Å². The molecule has 8 heteroatoms. The number of aliphatic imine (C=N–C) groups is 1. The smallest absolute Gasteiger partial charge is 0.283 e. The average molecular weight is 435 g/mol. The molecule has 2 aromatic rings. The largest absolute Gasteiger partial charge is 0.490 e. The van der Waals surface area contributed by atoms with Crippen LogP contribution in [0.4, 0.5) is 0 Å². The van der Waals surface area contributed by atoms with Crippen LogP contribution in [0.1, 0.15) is 25.3 Å². The number of amides is 1. The first kappa shape index (κ1) is 20.9. The first-order valence-electron chi connectivity index (χ1n) is 10.0. The van der Waals surface area contributed by atoms with Gasteiger partial charge in [-0.1, -0.05) is 37.3 Å². The molecule has 0 fully saturated rings. The summed E-state index contributed by atoms with van der Waals surface area (Å²) in [5.41, 5.74) is 0.952. The standard InChI is InChI=1S/C23H22N4O3S/c1-2-7-20-26-27-21(24)19(22(28)25-23(27)31-20)15-16-8-6-11-18(14-16)30-13-12-29-17-9-4-3-5-10-17/h3-6,8-11,14-15,24H,2,7,12-13H2,1H3/b19-15+,24-21?. The maximum Gasteiger partial charge on any atom is 0.283 e. The summed E-state index contributed by atoms with van der Waals surface area (Å²) in [5, 5.41) is 15.6. The van der Waals surface area contributed by atoms with Crippen molar-refractivity contribution < 1.29 is 14.3 Å². The highest BCUT2D eigenvalue weighted by molar-refractivity contribution is 8.26. The maximum atomic E-state index is 12.5. The minimum atomic E-state index is -0.431. The summed E-state index contributed by atoms with van der Waals surface area (Å²) in [6.45, 7) is 2.87. The number of ether oxygens (including phenoxy) is 2. The normalized spacial score (nSPS) is 16.8. The van der Waals surface area contributed by atoms with Crippen molar-refractivity contribution in [3.05, 3.63) is 65.7 Å². The zero-order valence-corrected chi connectivity index (χ0v) is 17.9. The fourth-order valence-corrected chi connectivity index (χ4v) is 4.03. The number of carbonyl (C=O) groups excluding carboxylic acids is 1. The van der Waals surface area contributed by atoms with Gasteiger partial charge in [-0.25, -0.2) is 0 Å². The number of nitrogens with zero attached hydrogens (tertiary/aromatic N) is 3. The lowest BCUT2D eigenvalue weighted by atomic mass is 10.1. The van der Waals surface area contributed by atoms with Gasteiger partial charge in [0.15, 0.2) is 5.84 Å². The van der Waals surface area contributed by atoms with Gasteiger partial charge in [-0.15, -0.1) is 0 Å². The number of thioether (sulfide) groups is 1. The summed E-state index contributed by atoms with van der Waals surface area (Å²) in [6, 6.07) is 16.9. The van der Waals surface area contributed by atoms with E-state index < -0.39 is 5.91 Å². The number of hydrogen-bond donors (Lipinski definition) is 1. The lowest BCUT2D eigenvalue weighted by Gasteiger charge is -2.20. The van der Waals surface area contributed by atoms with Crippen molar-refractivity contribution in [3.63, 3.8) is 0 Å². The highest BCUT2D eigenvalue weighted by Gasteiger charge is 2.35. The molecular weight excluding hydrogens is 412 g/mol. The molecule has 0 bridgehead atoms. The SMILES string of the molecule is CCCC1=NN2C(=N)/C(=C\c3cccc(OCCOc4ccccc4)c3)C(=O)N=C2S1. The summed E-state index contributed by atoms with van der Waals surface area (Å²) >= 11 is 1.35. The van der Waals surface area contributed by atoms with E-state index >= 15 is 0 Å². The third-order valence-electron chi connectivity index (χ3n) is 4.49. The van der Waals surface area contributed by atoms with Crippen LogP contribution < -0.4 is 9.47 Å². The van der Waals surface area contributed by atoms with Crippen LogP contribution in [0.5, 0.6) is 11.5 Å². The quantitative estimate of drug-likeness (QED) is 0.486. The number of carbonyl (C=O) groups is 1. The van der Waals surface area contributed by atoms with E-state index in [0.29, 0.717) is 24.1 Å². The summed E-state index contributed by atoms with van der Waals surface area (Å²) in [7, 11) is 0. The van der Waals surface area contributed by atoms with E-state index in [0.717, 1.165) is 29.2 Å². The topological polar surface area (TPSA) is 87.3 Å². The van der Waals surface area contributed by atoms with Crippen LogP contribution in [-0.4, -0.2) is 40.2 Å². The van der Waals surface area contributed by atoms with Gasteiger partial charge >= 0.3 is 0 Å². The van der Waals surface area contributed by atoms with Crippen molar-refractivity contribution in [1.29, 1.82) is 5.41 Å². The number of para-hydroxylation sites is 1. The van der Waals surface area contributed by atoms with Gasteiger partial charge in [0.2, 0.25) is 5.17 Å². The summed E-state index contributed by atoms with van der Waals surface area (Å²) in [4.78, 5) is 16.6. The lowest BCUT2D eigenvalue weighted by molar-refractivity contribution is -0.114. The highest BCUT2D eigenvalue weighted by Crippen LogP contribution is 2.30. The van der Waals surface area contributed by atoms with Gasteiger partial charge < -0.3 is 9.47 Å². The minimum absolute atomic E-state index is 0.0381. The molecule has 4 rings (SSSR count). The Morgan fingerprint density at radius 3 is 2.58 bits per heavy atom. The monoisotopic (exact) mass is 434 g/mol. The zero-order chi connectivity index (χ0) is 21.6. The van der Waals surface area contributed by atoms with Crippen LogP contribution in [0.25, 0.3) is 6.08 Å². The molecule has 0 aliphatic carbocycles. The van der Waals surface area contributed by atoms with Crippen LogP contribution in [0.15, 0.2) is 70.3 Å². The molecule has 1 amide bonds. The summed E-state index contributed by atoms with van der Waals surface area (Å²) in [5.74, 6) is 1.06. The third-order valence-corrected chi connectivity index (χ3v) is 5.46. The number of hydrazone groups is 1. The first-order valence-corrected chi connectivity index (χ1v) is 10.9. The summed E-state index contributed by atoms with van der Waals surface area (Å²) in [6.07, 6.45) is 3.39. The molecule has 0 aromatic heterocycles. The Bertz CT molecular complexity index is 1080. The second kappa shape index (κ2) is 9.61. The van der Waals surface area contributed by atoms with E-state index in [1.165, 1.54) is 16.8 Å². The van der Waals surface area contributed by atoms with Crippen molar-refractivity contribution in [1.82, 2.24) is 5.01 Å². The number of rotatable bonds is 8. The second-order valence-corrected chi connectivity index (χ2v) is 7.89. The molecule has 31 heavy (non-hydrogen) atoms. The van der Waals surface area contributed by atoms with Crippen LogP contribution in [-0.2, 0) is 4.79 Å². The molecule has 1 N–H and O–H groups in total. The molecule has 7 nitrogen and oxygen atoms in total. The fourth-order valence-electron chi connectivity index (χ4n) is 3.04. The first-order chi connectivity index (χ1) is 15.1. The third kappa shape index (κ3) is 5.03. The van der Waals surface area contributed by atoms with E-state index in [2.05, 4.69) is 17.0 Å². The number of fused-ring (bicyclic) bond motifs is 1. The number of hydrogen-bond acceptors (Lipinski definition) is 6. The molecule has 2 aromatic carbocycles. The molecule has 2 aliphatic heterocycles. The Kier molecular flexibility index (Phi) is 6.47. The van der Waals surface area contributed by atoms with Crippen molar-refractivity contribution in [2.75, 3.05) is 13.2 Å². The lowest BCUT2D eigenvalue weighted by Crippen LogP contribution is -2.35. The van der Waals surface area contributed by atoms with E-state index in [1.807, 2.05) is 54.6 Å². The predicted molar refractivity (Wildman–Crippen MR) is 124 cm³/mol. The van der Waals surface area contributed by atoms with E-state index in [9.17, 15) is 4.79 Å². The van der Waals surface area contributed by atoms with Gasteiger partial charge in [0, 0.05) is 0 Å². The Hall–Kier alpha value is -3.39. The maximum absolute atomic E-state index is 12.5. The Morgan fingerprint density at radius 1 is 1.06 bits per heavy atom. The van der Waals surface area contributed by atoms with E-state index in [-0.39, 0.29) is 11.4 Å². The predicted octanol–water partition coefficient (Wildman–Crippen LogP) is 4.56. The Morgan fingerprint density at radius 2 is 1.81 bits per heavy atom. The summed E-state index contributed by atoms with van der Waals surface area (Å²) < 4.78 is 11.4. The highest BCUT2D eigenvalue weighted by atomic mass is 32.2. The number of amidine groups is 2. The van der Waals surface area contributed by atoms with Crippen molar-refractivity contribution >= 4 is 39.8 Å². The van der Waals surface area contributed by atoms with Crippen LogP contribution in [0, 0.1) is 5.41 Å². The minimum Gasteiger partial charge on any atom is -0.490 e. The number of nitrogens with one attached hydrogen (secondary N) is 1. The van der Waals surface area contributed by atoms with Gasteiger partial charge in [-0.05, 0) is 60.5 Å². The molecular formula is C23H22N4O3S.